The Morgan fingerprint density at radius 1 is 1.11 bits per heavy atom. The number of Topliss-reactive ketones (excluding diaryl/α,β-unsaturated/α-hetero) is 1. The largest absolute Gasteiger partial charge is 0.382 e. The van der Waals surface area contributed by atoms with Crippen LogP contribution < -0.4 is 0 Å². The van der Waals surface area contributed by atoms with E-state index in [1.165, 1.54) is 23.2 Å². The van der Waals surface area contributed by atoms with E-state index < -0.39 is 55.3 Å². The highest BCUT2D eigenvalue weighted by Crippen LogP contribution is 2.30. The van der Waals surface area contributed by atoms with Crippen LogP contribution in [0.3, 0.4) is 0 Å². The first-order valence-electron chi connectivity index (χ1n) is 11.1. The third-order valence-electron chi connectivity index (χ3n) is 5.43. The molecule has 1 aromatic heterocycles. The molecule has 0 N–H and O–H groups in total. The molecule has 3 rings (SSSR count). The molecule has 196 valence electrons. The van der Waals surface area contributed by atoms with Gasteiger partial charge in [-0.05, 0) is 43.7 Å². The zero-order chi connectivity index (χ0) is 27.5. The first-order chi connectivity index (χ1) is 17.3. The van der Waals surface area contributed by atoms with Gasteiger partial charge in [0, 0.05) is 31.2 Å². The SMILES string of the molecule is Cc1ccc(S(=O)(=O)n2c(C(=O)C(C#N)=CN(C)C)cc3cc(F)c(CS(=O)(=O)CCCF)cc32)cc1. The lowest BCUT2D eigenvalue weighted by atomic mass is 10.1. The number of nitriles is 1. The van der Waals surface area contributed by atoms with Gasteiger partial charge in [-0.25, -0.2) is 25.2 Å². The molecule has 0 aliphatic heterocycles. The van der Waals surface area contributed by atoms with Gasteiger partial charge < -0.3 is 4.90 Å². The maximum absolute atomic E-state index is 14.9. The van der Waals surface area contributed by atoms with E-state index in [2.05, 4.69) is 0 Å². The average molecular weight is 550 g/mol. The summed E-state index contributed by atoms with van der Waals surface area (Å²) in [5, 5.41) is 9.55. The molecule has 0 saturated heterocycles. The van der Waals surface area contributed by atoms with E-state index in [1.807, 2.05) is 0 Å². The van der Waals surface area contributed by atoms with Gasteiger partial charge in [-0.2, -0.15) is 5.26 Å². The van der Waals surface area contributed by atoms with Gasteiger partial charge in [0.2, 0.25) is 5.78 Å². The molecule has 1 heterocycles. The second-order valence-corrected chi connectivity index (χ2v) is 12.7. The summed E-state index contributed by atoms with van der Waals surface area (Å²) in [7, 11) is -5.19. The molecule has 0 bridgehead atoms. The Balaban J connectivity index is 2.33. The molecule has 3 aromatic rings. The fourth-order valence-electron chi connectivity index (χ4n) is 3.71. The van der Waals surface area contributed by atoms with Crippen molar-refractivity contribution in [3.8, 4) is 6.07 Å². The maximum atomic E-state index is 14.9. The third kappa shape index (κ3) is 6.06. The normalized spacial score (nSPS) is 12.5. The van der Waals surface area contributed by atoms with E-state index in [0.717, 1.165) is 23.8 Å². The summed E-state index contributed by atoms with van der Waals surface area (Å²) in [5.41, 5.74) is -0.447. The van der Waals surface area contributed by atoms with Crippen molar-refractivity contribution in [2.75, 3.05) is 26.5 Å². The molecule has 0 atom stereocenters. The molecule has 0 spiro atoms. The predicted molar refractivity (Wildman–Crippen MR) is 135 cm³/mol. The van der Waals surface area contributed by atoms with Crippen molar-refractivity contribution in [2.45, 2.75) is 24.0 Å². The van der Waals surface area contributed by atoms with Gasteiger partial charge in [-0.1, -0.05) is 17.7 Å². The minimum absolute atomic E-state index is 0.0172. The fraction of sp³-hybridized carbons (Fsp3) is 0.280. The number of carbonyl (C=O) groups is 1. The van der Waals surface area contributed by atoms with Gasteiger partial charge in [0.25, 0.3) is 10.0 Å². The Hall–Kier alpha value is -3.56. The Labute approximate surface area is 214 Å². The van der Waals surface area contributed by atoms with Crippen LogP contribution in [0.15, 0.2) is 59.1 Å². The number of hydrogen-bond acceptors (Lipinski definition) is 7. The smallest absolute Gasteiger partial charge is 0.268 e. The zero-order valence-electron chi connectivity index (χ0n) is 20.4. The maximum Gasteiger partial charge on any atom is 0.268 e. The van der Waals surface area contributed by atoms with Crippen molar-refractivity contribution in [1.82, 2.24) is 8.87 Å². The van der Waals surface area contributed by atoms with E-state index in [9.17, 15) is 35.7 Å². The summed E-state index contributed by atoms with van der Waals surface area (Å²) in [6.07, 6.45) is 0.977. The van der Waals surface area contributed by atoms with Crippen LogP contribution in [0.1, 0.15) is 28.0 Å². The lowest BCUT2D eigenvalue weighted by Gasteiger charge is -2.13. The predicted octanol–water partition coefficient (Wildman–Crippen LogP) is 3.75. The van der Waals surface area contributed by atoms with Crippen molar-refractivity contribution >= 4 is 36.5 Å². The first kappa shape index (κ1) is 28.0. The van der Waals surface area contributed by atoms with Gasteiger partial charge in [-0.15, -0.1) is 0 Å². The van der Waals surface area contributed by atoms with Gasteiger partial charge in [-0.3, -0.25) is 9.18 Å². The zero-order valence-corrected chi connectivity index (χ0v) is 22.0. The number of allylic oxidation sites excluding steroid dienone is 1. The molecular weight excluding hydrogens is 524 g/mol. The van der Waals surface area contributed by atoms with Crippen molar-refractivity contribution in [3.63, 3.8) is 0 Å². The van der Waals surface area contributed by atoms with Crippen LogP contribution in [-0.2, 0) is 25.6 Å². The number of ketones is 1. The summed E-state index contributed by atoms with van der Waals surface area (Å²) >= 11 is 0. The minimum atomic E-state index is -4.45. The van der Waals surface area contributed by atoms with E-state index in [0.29, 0.717) is 3.97 Å². The van der Waals surface area contributed by atoms with Crippen LogP contribution >= 0.6 is 0 Å². The summed E-state index contributed by atoms with van der Waals surface area (Å²) in [6, 6.07) is 10.7. The molecule has 0 saturated carbocycles. The summed E-state index contributed by atoms with van der Waals surface area (Å²) in [5.74, 6) is -3.13. The molecule has 0 radical (unpaired) electrons. The number of sulfone groups is 1. The monoisotopic (exact) mass is 549 g/mol. The molecule has 0 aliphatic rings. The summed E-state index contributed by atoms with van der Waals surface area (Å²) in [4.78, 5) is 14.6. The van der Waals surface area contributed by atoms with E-state index in [1.54, 1.807) is 39.2 Å². The quantitative estimate of drug-likeness (QED) is 0.215. The van der Waals surface area contributed by atoms with Crippen LogP contribution in [0, 0.1) is 24.1 Å². The van der Waals surface area contributed by atoms with Gasteiger partial charge in [0.05, 0.1) is 28.6 Å². The highest BCUT2D eigenvalue weighted by molar-refractivity contribution is 7.90. The number of aryl methyl sites for hydroxylation is 1. The van der Waals surface area contributed by atoms with Gasteiger partial charge in [0.1, 0.15) is 23.2 Å². The lowest BCUT2D eigenvalue weighted by molar-refractivity contribution is 0.103. The highest BCUT2D eigenvalue weighted by atomic mass is 32.2. The number of alkyl halides is 1. The second kappa shape index (κ2) is 10.8. The molecule has 12 heteroatoms. The summed E-state index contributed by atoms with van der Waals surface area (Å²) in [6.45, 7) is 0.908. The highest BCUT2D eigenvalue weighted by Gasteiger charge is 2.29. The van der Waals surface area contributed by atoms with Crippen molar-refractivity contribution in [1.29, 1.82) is 5.26 Å². The van der Waals surface area contributed by atoms with E-state index >= 15 is 0 Å². The third-order valence-corrected chi connectivity index (χ3v) is 8.84. The van der Waals surface area contributed by atoms with Crippen LogP contribution in [0.2, 0.25) is 0 Å². The summed E-state index contributed by atoms with van der Waals surface area (Å²) < 4.78 is 80.3. The van der Waals surface area contributed by atoms with E-state index in [-0.39, 0.29) is 33.4 Å². The standard InChI is InChI=1S/C25H25F2N3O5S2/c1-17-5-7-21(8-6-17)37(34,35)30-23-13-19(16-36(32,33)10-4-9-26)22(27)11-18(23)12-24(30)25(31)20(14-28)15-29(2)3/h5-8,11-13,15H,4,9-10,16H2,1-3H3. The number of hydrogen-bond donors (Lipinski definition) is 0. The van der Waals surface area contributed by atoms with Crippen molar-refractivity contribution < 1.29 is 30.4 Å². The average Bonchev–Trinajstić information content (AvgIpc) is 3.20. The van der Waals surface area contributed by atoms with Crippen LogP contribution in [0.5, 0.6) is 0 Å². The molecule has 0 unspecified atom stereocenters. The molecule has 0 aliphatic carbocycles. The number of nitrogens with zero attached hydrogens (tertiary/aromatic N) is 3. The van der Waals surface area contributed by atoms with Crippen molar-refractivity contribution in [3.05, 3.63) is 76.9 Å². The Morgan fingerprint density at radius 2 is 1.76 bits per heavy atom. The molecular formula is C25H25F2N3O5S2. The number of rotatable bonds is 10. The number of benzene rings is 2. The van der Waals surface area contributed by atoms with Crippen LogP contribution in [0.4, 0.5) is 8.78 Å². The van der Waals surface area contributed by atoms with Gasteiger partial charge >= 0.3 is 0 Å². The molecule has 37 heavy (non-hydrogen) atoms. The van der Waals surface area contributed by atoms with Crippen LogP contribution in [0.25, 0.3) is 10.9 Å². The van der Waals surface area contributed by atoms with Crippen molar-refractivity contribution in [2.24, 2.45) is 0 Å². The Bertz CT molecular complexity index is 1630. The van der Waals surface area contributed by atoms with Gasteiger partial charge in [0.15, 0.2) is 9.84 Å². The Kier molecular flexibility index (Phi) is 8.19. The molecule has 0 fully saturated rings. The first-order valence-corrected chi connectivity index (χ1v) is 14.3. The Morgan fingerprint density at radius 3 is 2.32 bits per heavy atom. The molecule has 0 amide bonds. The van der Waals surface area contributed by atoms with E-state index in [4.69, 9.17) is 0 Å². The molecule has 8 nitrogen and oxygen atoms in total. The fourth-order valence-corrected chi connectivity index (χ4v) is 6.60. The topological polar surface area (TPSA) is 117 Å². The number of halogens is 2. The lowest BCUT2D eigenvalue weighted by Crippen LogP contribution is -2.20. The number of aromatic nitrogens is 1. The number of carbonyl (C=O) groups excluding carboxylic acids is 1. The number of fused-ring (bicyclic) bond motifs is 1. The molecule has 2 aromatic carbocycles. The van der Waals surface area contributed by atoms with Crippen LogP contribution in [-0.4, -0.2) is 58.0 Å². The minimum Gasteiger partial charge on any atom is -0.382 e. The second-order valence-electron chi connectivity index (χ2n) is 8.70.